The van der Waals surface area contributed by atoms with Gasteiger partial charge in [-0.2, -0.15) is 0 Å². The zero-order chi connectivity index (χ0) is 18.8. The first-order valence-corrected chi connectivity index (χ1v) is 11.2. The normalized spacial score (nSPS) is 11.9. The van der Waals surface area contributed by atoms with Gasteiger partial charge in [-0.15, -0.1) is 0 Å². The molecular weight excluding hydrogens is 407 g/mol. The molecule has 0 aliphatic heterocycles. The monoisotopic (exact) mass is 427 g/mol. The number of aromatic nitrogens is 2. The predicted molar refractivity (Wildman–Crippen MR) is 119 cm³/mol. The van der Waals surface area contributed by atoms with Gasteiger partial charge < -0.3 is 0 Å². The van der Waals surface area contributed by atoms with Crippen molar-refractivity contribution >= 4 is 55.6 Å². The molecule has 0 atom stereocenters. The van der Waals surface area contributed by atoms with Gasteiger partial charge in [0.1, 0.15) is 0 Å². The summed E-state index contributed by atoms with van der Waals surface area (Å²) in [6, 6.07) is 26.8. The summed E-state index contributed by atoms with van der Waals surface area (Å²) in [5.74, 6) is 1.19. The van der Waals surface area contributed by atoms with E-state index in [1.807, 2.05) is 0 Å². The molecule has 2 nitrogen and oxygen atoms in total. The summed E-state index contributed by atoms with van der Waals surface area (Å²) in [7, 11) is 2.12. The standard InChI is InChI=1S/C25H19N2Se/c1-16-8-7-10-18-19-15-23-20(17-9-3-4-11-22(17)28-23)14-21(19)27(25(16)18)24-12-5-6-13-26(24)2/h3-15H,1-2H3/q+1. The van der Waals surface area contributed by atoms with Crippen molar-refractivity contribution < 1.29 is 4.57 Å². The molecule has 0 spiro atoms. The van der Waals surface area contributed by atoms with E-state index in [0.717, 1.165) is 0 Å². The summed E-state index contributed by atoms with van der Waals surface area (Å²) in [6.45, 7) is 2.22. The van der Waals surface area contributed by atoms with E-state index >= 15 is 0 Å². The molecular formula is C25H19N2Se+. The predicted octanol–water partition coefficient (Wildman–Crippen LogP) is 5.28. The molecule has 0 amide bonds. The number of nitrogens with zero attached hydrogens (tertiary/aromatic N) is 2. The summed E-state index contributed by atoms with van der Waals surface area (Å²) >= 11 is 0.385. The molecule has 0 bridgehead atoms. The number of hydrogen-bond acceptors (Lipinski definition) is 0. The van der Waals surface area contributed by atoms with E-state index in [-0.39, 0.29) is 0 Å². The zero-order valence-electron chi connectivity index (χ0n) is 15.8. The van der Waals surface area contributed by atoms with Crippen molar-refractivity contribution in [3.8, 4) is 5.82 Å². The van der Waals surface area contributed by atoms with E-state index in [1.54, 1.807) is 0 Å². The Labute approximate surface area is 169 Å². The van der Waals surface area contributed by atoms with Gasteiger partial charge in [0.05, 0.1) is 0 Å². The SMILES string of the molecule is Cc1cccc2c3cc4[se]c5ccccc5c4cc3n(-c3cccc[n+]3C)c12. The maximum absolute atomic E-state index is 2.45. The number of fused-ring (bicyclic) bond motifs is 6. The second-order valence-corrected chi connectivity index (χ2v) is 9.71. The van der Waals surface area contributed by atoms with Gasteiger partial charge in [0.15, 0.2) is 0 Å². The van der Waals surface area contributed by atoms with Crippen LogP contribution in [0, 0.1) is 6.92 Å². The minimum absolute atomic E-state index is 0.385. The van der Waals surface area contributed by atoms with E-state index in [2.05, 4.69) is 102 Å². The molecule has 0 saturated heterocycles. The van der Waals surface area contributed by atoms with Crippen molar-refractivity contribution in [2.75, 3.05) is 0 Å². The van der Waals surface area contributed by atoms with Crippen LogP contribution in [0.4, 0.5) is 0 Å². The third kappa shape index (κ3) is 2.12. The molecule has 0 saturated carbocycles. The second kappa shape index (κ2) is 5.81. The Kier molecular flexibility index (Phi) is 3.35. The molecule has 0 fully saturated rings. The number of benzene rings is 3. The van der Waals surface area contributed by atoms with Crippen molar-refractivity contribution in [2.45, 2.75) is 6.92 Å². The number of hydrogen-bond donors (Lipinski definition) is 0. The quantitative estimate of drug-likeness (QED) is 0.250. The van der Waals surface area contributed by atoms with Crippen molar-refractivity contribution in [2.24, 2.45) is 7.05 Å². The molecule has 0 radical (unpaired) electrons. The zero-order valence-corrected chi connectivity index (χ0v) is 17.5. The maximum atomic E-state index is 2.45. The third-order valence-corrected chi connectivity index (χ3v) is 8.12. The Hall–Kier alpha value is -2.87. The molecule has 0 unspecified atom stereocenters. The first-order chi connectivity index (χ1) is 13.7. The van der Waals surface area contributed by atoms with E-state index in [4.69, 9.17) is 0 Å². The van der Waals surface area contributed by atoms with Crippen LogP contribution in [0.2, 0.25) is 0 Å². The molecule has 6 rings (SSSR count). The minimum atomic E-state index is 0.385. The number of rotatable bonds is 1. The summed E-state index contributed by atoms with van der Waals surface area (Å²) in [6.07, 6.45) is 2.12. The van der Waals surface area contributed by atoms with E-state index < -0.39 is 0 Å². The van der Waals surface area contributed by atoms with Crippen LogP contribution in [0.1, 0.15) is 5.56 Å². The second-order valence-electron chi connectivity index (χ2n) is 7.44. The van der Waals surface area contributed by atoms with Crippen LogP contribution in [-0.4, -0.2) is 19.1 Å². The van der Waals surface area contributed by atoms with Crippen LogP contribution in [-0.2, 0) is 7.05 Å². The number of aryl methyl sites for hydroxylation is 2. The van der Waals surface area contributed by atoms with E-state index in [1.165, 1.54) is 52.5 Å². The van der Waals surface area contributed by atoms with Crippen molar-refractivity contribution in [1.82, 2.24) is 4.57 Å². The van der Waals surface area contributed by atoms with Gasteiger partial charge in [-0.25, -0.2) is 0 Å². The van der Waals surface area contributed by atoms with E-state index in [9.17, 15) is 0 Å². The Morgan fingerprint density at radius 1 is 0.750 bits per heavy atom. The number of pyridine rings is 1. The van der Waals surface area contributed by atoms with Gasteiger partial charge in [-0.1, -0.05) is 0 Å². The van der Waals surface area contributed by atoms with Crippen molar-refractivity contribution in [1.29, 1.82) is 0 Å². The van der Waals surface area contributed by atoms with Crippen LogP contribution in [0.25, 0.3) is 46.9 Å². The fourth-order valence-corrected chi connectivity index (χ4v) is 6.80. The summed E-state index contributed by atoms with van der Waals surface area (Å²) in [5.41, 5.74) is 3.91. The van der Waals surface area contributed by atoms with Gasteiger partial charge in [0, 0.05) is 0 Å². The van der Waals surface area contributed by atoms with Crippen LogP contribution in [0.5, 0.6) is 0 Å². The fourth-order valence-electron chi connectivity index (χ4n) is 4.44. The third-order valence-electron chi connectivity index (χ3n) is 5.74. The molecule has 0 aliphatic rings. The molecule has 3 heterocycles. The van der Waals surface area contributed by atoms with Crippen LogP contribution in [0.3, 0.4) is 0 Å². The molecule has 3 aromatic carbocycles. The van der Waals surface area contributed by atoms with Gasteiger partial charge in [-0.05, 0) is 0 Å². The summed E-state index contributed by atoms with van der Waals surface area (Å²) < 4.78 is 7.64. The Balaban J connectivity index is 1.88. The van der Waals surface area contributed by atoms with Crippen LogP contribution >= 0.6 is 0 Å². The van der Waals surface area contributed by atoms with Crippen molar-refractivity contribution in [3.63, 3.8) is 0 Å². The number of para-hydroxylation sites is 1. The van der Waals surface area contributed by atoms with Gasteiger partial charge in [0.2, 0.25) is 0 Å². The average molecular weight is 426 g/mol. The molecule has 134 valence electrons. The Morgan fingerprint density at radius 2 is 1.57 bits per heavy atom. The molecule has 0 aliphatic carbocycles. The molecule has 28 heavy (non-hydrogen) atoms. The molecule has 3 aromatic heterocycles. The van der Waals surface area contributed by atoms with Crippen LogP contribution in [0.15, 0.2) is 79.0 Å². The van der Waals surface area contributed by atoms with E-state index in [0.29, 0.717) is 14.5 Å². The Morgan fingerprint density at radius 3 is 2.46 bits per heavy atom. The van der Waals surface area contributed by atoms with Gasteiger partial charge >= 0.3 is 169 Å². The first kappa shape index (κ1) is 16.1. The fraction of sp³-hybridized carbons (Fsp3) is 0.0800. The Bertz CT molecular complexity index is 1530. The van der Waals surface area contributed by atoms with Crippen molar-refractivity contribution in [3.05, 3.63) is 84.6 Å². The average Bonchev–Trinajstić information content (AvgIpc) is 3.23. The summed E-state index contributed by atoms with van der Waals surface area (Å²) in [4.78, 5) is 0. The molecule has 0 N–H and O–H groups in total. The molecule has 6 aromatic rings. The van der Waals surface area contributed by atoms with Crippen LogP contribution < -0.4 is 4.57 Å². The van der Waals surface area contributed by atoms with Gasteiger partial charge in [0.25, 0.3) is 0 Å². The topological polar surface area (TPSA) is 8.81 Å². The molecule has 3 heteroatoms. The first-order valence-electron chi connectivity index (χ1n) is 9.52. The summed E-state index contributed by atoms with van der Waals surface area (Å²) in [5, 5.41) is 5.51. The van der Waals surface area contributed by atoms with Gasteiger partial charge in [-0.3, -0.25) is 0 Å².